The predicted octanol–water partition coefficient (Wildman–Crippen LogP) is 10.3. The molecule has 0 unspecified atom stereocenters. The number of carbonyl (C=O) groups is 3. The molecule has 68 heavy (non-hydrogen) atoms. The zero-order valence-electron chi connectivity index (χ0n) is 42.4. The van der Waals surface area contributed by atoms with Crippen LogP contribution in [-0.4, -0.2) is 141 Å². The number of likely N-dealkylation sites (tertiary alicyclic amines) is 1. The van der Waals surface area contributed by atoms with E-state index in [1.807, 2.05) is 80.8 Å². The van der Waals surface area contributed by atoms with Gasteiger partial charge in [-0.25, -0.2) is 4.79 Å². The van der Waals surface area contributed by atoms with E-state index in [1.54, 1.807) is 19.1 Å². The second kappa shape index (κ2) is 28.4. The van der Waals surface area contributed by atoms with E-state index >= 15 is 0 Å². The van der Waals surface area contributed by atoms with Crippen LogP contribution in [0.5, 0.6) is 23.0 Å². The number of hydrogen-bond donors (Lipinski definition) is 1. The van der Waals surface area contributed by atoms with Gasteiger partial charge in [0.1, 0.15) is 5.60 Å². The fourth-order valence-corrected chi connectivity index (χ4v) is 9.53. The van der Waals surface area contributed by atoms with Gasteiger partial charge in [0.05, 0.1) is 31.5 Å². The fraction of sp³-hybridized carbons (Fsp3) is 0.722. The Bertz CT molecular complexity index is 1820. The fourth-order valence-electron chi connectivity index (χ4n) is 9.53. The first-order valence-corrected chi connectivity index (χ1v) is 25.4. The zero-order chi connectivity index (χ0) is 48.3. The van der Waals surface area contributed by atoms with Crippen molar-refractivity contribution in [1.82, 2.24) is 20.0 Å². The minimum atomic E-state index is -0.556. The van der Waals surface area contributed by atoms with Crippen LogP contribution in [0.25, 0.3) is 0 Å². The van der Waals surface area contributed by atoms with Gasteiger partial charge in [-0.2, -0.15) is 0 Å². The number of rotatable bonds is 20. The third kappa shape index (κ3) is 17.3. The van der Waals surface area contributed by atoms with Crippen molar-refractivity contribution < 1.29 is 47.5 Å². The Balaban J connectivity index is 0.000000298. The van der Waals surface area contributed by atoms with E-state index in [2.05, 4.69) is 19.2 Å². The standard InChI is InChI=1S/C29H46N2O6.C24H38N2O4.CH4/c1-21(2)31(23-11-9-16-30(20-23)28(33)37-29(3,4)5)27(32)22-14-15-25(36-24-12-7-8-13-24)26(19-22)35-18-10-17-34-6;1-18(2)26(20-8-6-13-25-17-20)24(27)19-11-12-22(30-21-9-4-5-10-21)23(16-19)29-15-7-14-28-3;/h14-15,19,21,23-24H,7-13,16-18,20H2,1-6H3;11-12,16,18,20-21,25H,4-10,13-15,17H2,1-3H3;1H4/t23-;20-;/m11./s1. The molecule has 0 aromatic heterocycles. The van der Waals surface area contributed by atoms with E-state index in [0.29, 0.717) is 67.9 Å². The summed E-state index contributed by atoms with van der Waals surface area (Å²) in [5.74, 6) is 2.68. The molecule has 2 saturated carbocycles. The Hall–Kier alpha value is -4.27. The average Bonchev–Trinajstić information content (AvgIpc) is 4.03. The predicted molar refractivity (Wildman–Crippen MR) is 269 cm³/mol. The van der Waals surface area contributed by atoms with Crippen molar-refractivity contribution in [1.29, 1.82) is 0 Å². The van der Waals surface area contributed by atoms with Gasteiger partial charge in [0.25, 0.3) is 11.8 Å². The lowest BCUT2D eigenvalue weighted by Gasteiger charge is -2.41. The van der Waals surface area contributed by atoms with Crippen LogP contribution in [0, 0.1) is 0 Å². The molecule has 2 aromatic rings. The molecule has 14 heteroatoms. The summed E-state index contributed by atoms with van der Waals surface area (Å²) < 4.78 is 40.5. The maximum Gasteiger partial charge on any atom is 0.410 e. The third-order valence-electron chi connectivity index (χ3n) is 12.8. The summed E-state index contributed by atoms with van der Waals surface area (Å²) in [5, 5.41) is 3.43. The SMILES string of the molecule is C.COCCCOc1cc(C(=O)N(C(C)C)[C@@H]2CCCN(C(=O)OC(C)(C)C)C2)ccc1OC1CCCC1.COCCCOc1cc(C(=O)N(C(C)C)[C@@H]2CCCNC2)ccc1OC1CCCC1. The van der Waals surface area contributed by atoms with Crippen LogP contribution < -0.4 is 24.3 Å². The molecule has 2 aromatic carbocycles. The summed E-state index contributed by atoms with van der Waals surface area (Å²) >= 11 is 0. The topological polar surface area (TPSA) is 138 Å². The average molecular weight is 953 g/mol. The van der Waals surface area contributed by atoms with Crippen molar-refractivity contribution in [3.63, 3.8) is 0 Å². The molecule has 2 saturated heterocycles. The minimum Gasteiger partial charge on any atom is -0.490 e. The molecular formula is C54H88N4O10. The van der Waals surface area contributed by atoms with Crippen LogP contribution in [0.1, 0.15) is 167 Å². The van der Waals surface area contributed by atoms with E-state index in [1.165, 1.54) is 25.7 Å². The quantitative estimate of drug-likeness (QED) is 0.127. The number of amides is 3. The summed E-state index contributed by atoms with van der Waals surface area (Å²) in [6, 6.07) is 11.4. The smallest absolute Gasteiger partial charge is 0.410 e. The Morgan fingerprint density at radius 1 is 0.647 bits per heavy atom. The molecule has 4 fully saturated rings. The highest BCUT2D eigenvalue weighted by atomic mass is 16.6. The number of hydrogen-bond acceptors (Lipinski definition) is 11. The molecule has 0 bridgehead atoms. The lowest BCUT2D eigenvalue weighted by atomic mass is 10.0. The largest absolute Gasteiger partial charge is 0.490 e. The zero-order valence-corrected chi connectivity index (χ0v) is 42.4. The number of methoxy groups -OCH3 is 2. The van der Waals surface area contributed by atoms with Crippen molar-refractivity contribution >= 4 is 17.9 Å². The summed E-state index contributed by atoms with van der Waals surface area (Å²) in [6.07, 6.45) is 14.5. The number of piperidine rings is 2. The van der Waals surface area contributed by atoms with E-state index in [9.17, 15) is 14.4 Å². The highest BCUT2D eigenvalue weighted by Crippen LogP contribution is 2.36. The van der Waals surface area contributed by atoms with Crippen molar-refractivity contribution in [2.75, 3.05) is 66.8 Å². The summed E-state index contributed by atoms with van der Waals surface area (Å²) in [4.78, 5) is 45.7. The number of carbonyl (C=O) groups excluding carboxylic acids is 3. The Kier molecular flexibility index (Phi) is 23.5. The molecule has 14 nitrogen and oxygen atoms in total. The second-order valence-corrected chi connectivity index (χ2v) is 20.1. The van der Waals surface area contributed by atoms with E-state index in [-0.39, 0.29) is 61.7 Å². The highest BCUT2D eigenvalue weighted by Gasteiger charge is 2.35. The van der Waals surface area contributed by atoms with Gasteiger partial charge < -0.3 is 53.2 Å². The molecular weight excluding hydrogens is 865 g/mol. The first-order valence-electron chi connectivity index (χ1n) is 25.4. The van der Waals surface area contributed by atoms with Crippen molar-refractivity contribution in [2.45, 2.75) is 188 Å². The first-order chi connectivity index (χ1) is 32.2. The van der Waals surface area contributed by atoms with Crippen LogP contribution in [-0.2, 0) is 14.2 Å². The normalized spacial score (nSPS) is 18.9. The number of benzene rings is 2. The molecule has 2 aliphatic carbocycles. The molecule has 0 spiro atoms. The molecule has 4 aliphatic rings. The molecule has 2 aliphatic heterocycles. The summed E-state index contributed by atoms with van der Waals surface area (Å²) in [5.41, 5.74) is 0.665. The molecule has 0 radical (unpaired) electrons. The van der Waals surface area contributed by atoms with Gasteiger partial charge in [0.15, 0.2) is 23.0 Å². The Labute approximate surface area is 409 Å². The number of nitrogens with one attached hydrogen (secondary N) is 1. The van der Waals surface area contributed by atoms with E-state index < -0.39 is 5.60 Å². The van der Waals surface area contributed by atoms with Crippen molar-refractivity contribution in [3.8, 4) is 23.0 Å². The summed E-state index contributed by atoms with van der Waals surface area (Å²) in [7, 11) is 3.36. The van der Waals surface area contributed by atoms with Crippen LogP contribution in [0.2, 0.25) is 0 Å². The monoisotopic (exact) mass is 953 g/mol. The van der Waals surface area contributed by atoms with Gasteiger partial charge in [-0.05, 0) is 168 Å². The number of ether oxygens (including phenoxy) is 7. The third-order valence-corrected chi connectivity index (χ3v) is 12.8. The van der Waals surface area contributed by atoms with Crippen LogP contribution >= 0.6 is 0 Å². The minimum absolute atomic E-state index is 0. The Morgan fingerprint density at radius 3 is 1.54 bits per heavy atom. The van der Waals surface area contributed by atoms with Gasteiger partial charge in [-0.15, -0.1) is 0 Å². The van der Waals surface area contributed by atoms with Crippen molar-refractivity contribution in [2.24, 2.45) is 0 Å². The molecule has 384 valence electrons. The van der Waals surface area contributed by atoms with Gasteiger partial charge in [0, 0.05) is 89.2 Å². The summed E-state index contributed by atoms with van der Waals surface area (Å²) in [6.45, 7) is 19.1. The van der Waals surface area contributed by atoms with Crippen LogP contribution in [0.15, 0.2) is 36.4 Å². The first kappa shape index (κ1) is 56.3. The molecule has 3 amide bonds. The van der Waals surface area contributed by atoms with Crippen LogP contribution in [0.4, 0.5) is 4.79 Å². The number of nitrogens with zero attached hydrogens (tertiary/aromatic N) is 3. The second-order valence-electron chi connectivity index (χ2n) is 20.1. The molecule has 6 rings (SSSR count). The van der Waals surface area contributed by atoms with E-state index in [4.69, 9.17) is 33.2 Å². The van der Waals surface area contributed by atoms with Gasteiger partial charge in [-0.1, -0.05) is 7.43 Å². The van der Waals surface area contributed by atoms with Gasteiger partial charge >= 0.3 is 6.09 Å². The maximum absolute atomic E-state index is 13.9. The van der Waals surface area contributed by atoms with Gasteiger partial charge in [0.2, 0.25) is 0 Å². The van der Waals surface area contributed by atoms with Crippen molar-refractivity contribution in [3.05, 3.63) is 47.5 Å². The van der Waals surface area contributed by atoms with E-state index in [0.717, 1.165) is 83.0 Å². The maximum atomic E-state index is 13.9. The Morgan fingerprint density at radius 2 is 1.12 bits per heavy atom. The molecule has 2 heterocycles. The molecule has 1 N–H and O–H groups in total. The van der Waals surface area contributed by atoms with Crippen LogP contribution in [0.3, 0.4) is 0 Å². The highest BCUT2D eigenvalue weighted by molar-refractivity contribution is 5.96. The lowest BCUT2D eigenvalue weighted by molar-refractivity contribution is 0.00751. The lowest BCUT2D eigenvalue weighted by Crippen LogP contribution is -2.54. The molecule has 2 atom stereocenters. The van der Waals surface area contributed by atoms with Gasteiger partial charge in [-0.3, -0.25) is 9.59 Å².